The maximum Gasteiger partial charge on any atom is 0.297 e. The first-order chi connectivity index (χ1) is 9.46. The molecule has 114 valence electrons. The molecule has 0 spiro atoms. The van der Waals surface area contributed by atoms with Gasteiger partial charge in [0, 0.05) is 5.92 Å². The van der Waals surface area contributed by atoms with Crippen LogP contribution >= 0.6 is 0 Å². The molecular weight excluding hydrogens is 258 g/mol. The fraction of sp³-hybridized carbons (Fsp3) is 0.933. The number of nitrogens with zero attached hydrogens (tertiary/aromatic N) is 1. The van der Waals surface area contributed by atoms with Crippen LogP contribution in [0.3, 0.4) is 0 Å². The Morgan fingerprint density at radius 1 is 1.10 bits per heavy atom. The smallest absolute Gasteiger partial charge is 0.297 e. The molecule has 3 rings (SSSR count). The van der Waals surface area contributed by atoms with Crippen LogP contribution in [-0.2, 0) is 14.2 Å². The molecule has 20 heavy (non-hydrogen) atoms. The van der Waals surface area contributed by atoms with Gasteiger partial charge in [-0.2, -0.15) is 4.74 Å². The zero-order valence-electron chi connectivity index (χ0n) is 12.6. The van der Waals surface area contributed by atoms with Gasteiger partial charge in [-0.25, -0.2) is 0 Å². The molecule has 0 radical (unpaired) electrons. The summed E-state index contributed by atoms with van der Waals surface area (Å²) in [6.45, 7) is 5.71. The summed E-state index contributed by atoms with van der Waals surface area (Å²) in [5.41, 5.74) is 0. The average Bonchev–Trinajstić information content (AvgIpc) is 2.86. The van der Waals surface area contributed by atoms with Crippen LogP contribution in [0.5, 0.6) is 0 Å². The standard InChI is InChI=1S/C15H25NO4/c1-10-12-13(20-15(2,3)19-12)14(18-10)16(17)9-11-7-5-4-6-8-11/h9-14H,4-8H2,1-3H3/b16-9-/t10-,12-,13-,14-/m1/s1. The van der Waals surface area contributed by atoms with E-state index in [1.165, 1.54) is 19.3 Å². The molecule has 1 aliphatic carbocycles. The number of hydroxylamine groups is 1. The van der Waals surface area contributed by atoms with Gasteiger partial charge >= 0.3 is 0 Å². The second kappa shape index (κ2) is 5.28. The van der Waals surface area contributed by atoms with E-state index in [2.05, 4.69) is 0 Å². The van der Waals surface area contributed by atoms with Crippen molar-refractivity contribution in [2.24, 2.45) is 5.92 Å². The van der Waals surface area contributed by atoms with Crippen molar-refractivity contribution in [3.8, 4) is 0 Å². The van der Waals surface area contributed by atoms with Gasteiger partial charge < -0.3 is 19.4 Å². The molecule has 0 aromatic carbocycles. The number of ether oxygens (including phenoxy) is 3. The van der Waals surface area contributed by atoms with Crippen LogP contribution in [0.1, 0.15) is 52.9 Å². The van der Waals surface area contributed by atoms with E-state index in [1.807, 2.05) is 20.8 Å². The van der Waals surface area contributed by atoms with Crippen LogP contribution in [0.15, 0.2) is 0 Å². The van der Waals surface area contributed by atoms with Gasteiger partial charge in [0.15, 0.2) is 18.1 Å². The molecule has 2 saturated heterocycles. The van der Waals surface area contributed by atoms with E-state index < -0.39 is 12.0 Å². The lowest BCUT2D eigenvalue weighted by Gasteiger charge is -2.23. The Balaban J connectivity index is 1.71. The Bertz CT molecular complexity index is 389. The number of hydrogen-bond acceptors (Lipinski definition) is 4. The molecule has 2 heterocycles. The Kier molecular flexibility index (Phi) is 3.77. The van der Waals surface area contributed by atoms with Crippen molar-refractivity contribution >= 4 is 6.21 Å². The zero-order chi connectivity index (χ0) is 14.3. The normalized spacial score (nSPS) is 41.9. The summed E-state index contributed by atoms with van der Waals surface area (Å²) in [6.07, 6.45) is 6.62. The fourth-order valence-corrected chi connectivity index (χ4v) is 3.56. The summed E-state index contributed by atoms with van der Waals surface area (Å²) in [5, 5.41) is 12.4. The van der Waals surface area contributed by atoms with Crippen LogP contribution < -0.4 is 0 Å². The van der Waals surface area contributed by atoms with Gasteiger partial charge in [-0.05, 0) is 33.6 Å². The van der Waals surface area contributed by atoms with Crippen LogP contribution in [0.2, 0.25) is 0 Å². The minimum Gasteiger partial charge on any atom is -0.622 e. The SMILES string of the molecule is C[C@H]1O[C@@H](/[N+]([O-])=C/C2CCCCC2)[C@@H]2OC(C)(C)O[C@@H]21. The summed E-state index contributed by atoms with van der Waals surface area (Å²) in [7, 11) is 0. The molecule has 5 nitrogen and oxygen atoms in total. The molecular formula is C15H25NO4. The van der Waals surface area contributed by atoms with E-state index in [-0.39, 0.29) is 18.3 Å². The highest BCUT2D eigenvalue weighted by molar-refractivity contribution is 5.55. The van der Waals surface area contributed by atoms with Crippen molar-refractivity contribution in [1.82, 2.24) is 0 Å². The van der Waals surface area contributed by atoms with E-state index in [0.29, 0.717) is 5.92 Å². The third-order valence-electron chi connectivity index (χ3n) is 4.52. The van der Waals surface area contributed by atoms with E-state index in [9.17, 15) is 5.21 Å². The molecule has 4 atom stereocenters. The maximum absolute atomic E-state index is 12.4. The van der Waals surface area contributed by atoms with Gasteiger partial charge in [0.1, 0.15) is 6.10 Å². The molecule has 0 aromatic heterocycles. The van der Waals surface area contributed by atoms with Gasteiger partial charge in [-0.15, -0.1) is 0 Å². The topological polar surface area (TPSA) is 53.8 Å². The Morgan fingerprint density at radius 3 is 2.45 bits per heavy atom. The lowest BCUT2D eigenvalue weighted by atomic mass is 9.90. The minimum atomic E-state index is -0.628. The molecule has 0 N–H and O–H groups in total. The summed E-state index contributed by atoms with van der Waals surface area (Å²) in [6, 6.07) is 0. The average molecular weight is 283 g/mol. The first-order valence-electron chi connectivity index (χ1n) is 7.78. The van der Waals surface area contributed by atoms with Crippen LogP contribution in [0, 0.1) is 11.1 Å². The van der Waals surface area contributed by atoms with Gasteiger partial charge in [-0.1, -0.05) is 19.3 Å². The lowest BCUT2D eigenvalue weighted by Crippen LogP contribution is -2.37. The molecule has 0 bridgehead atoms. The summed E-state index contributed by atoms with van der Waals surface area (Å²) in [5.74, 6) is -0.244. The van der Waals surface area contributed by atoms with E-state index in [0.717, 1.165) is 17.6 Å². The third kappa shape index (κ3) is 2.71. The minimum absolute atomic E-state index is 0.108. The molecule has 0 unspecified atom stereocenters. The van der Waals surface area contributed by atoms with Crippen molar-refractivity contribution in [2.45, 2.75) is 83.2 Å². The molecule has 3 aliphatic rings. The molecule has 2 aliphatic heterocycles. The van der Waals surface area contributed by atoms with Crippen LogP contribution in [-0.4, -0.2) is 41.3 Å². The monoisotopic (exact) mass is 283 g/mol. The van der Waals surface area contributed by atoms with E-state index >= 15 is 0 Å². The summed E-state index contributed by atoms with van der Waals surface area (Å²) in [4.78, 5) is 0. The summed E-state index contributed by atoms with van der Waals surface area (Å²) < 4.78 is 18.4. The van der Waals surface area contributed by atoms with Crippen molar-refractivity contribution in [1.29, 1.82) is 0 Å². The van der Waals surface area contributed by atoms with Crippen molar-refractivity contribution in [3.05, 3.63) is 5.21 Å². The molecule has 5 heteroatoms. The molecule has 0 amide bonds. The second-order valence-electron chi connectivity index (χ2n) is 6.70. The number of fused-ring (bicyclic) bond motifs is 1. The molecule has 0 aromatic rings. The van der Waals surface area contributed by atoms with Gasteiger partial charge in [0.2, 0.25) is 0 Å². The Labute approximate surface area is 120 Å². The van der Waals surface area contributed by atoms with Crippen molar-refractivity contribution in [2.75, 3.05) is 0 Å². The predicted molar refractivity (Wildman–Crippen MR) is 74.4 cm³/mol. The highest BCUT2D eigenvalue weighted by Crippen LogP contribution is 2.38. The van der Waals surface area contributed by atoms with Gasteiger partial charge in [-0.3, -0.25) is 0 Å². The van der Waals surface area contributed by atoms with Gasteiger partial charge in [0.25, 0.3) is 6.23 Å². The van der Waals surface area contributed by atoms with Crippen molar-refractivity contribution < 1.29 is 18.9 Å². The Morgan fingerprint density at radius 2 is 1.75 bits per heavy atom. The highest BCUT2D eigenvalue weighted by Gasteiger charge is 2.57. The first-order valence-corrected chi connectivity index (χ1v) is 7.78. The number of rotatable bonds is 2. The quantitative estimate of drug-likeness (QED) is 0.338. The van der Waals surface area contributed by atoms with E-state index in [4.69, 9.17) is 14.2 Å². The van der Waals surface area contributed by atoms with E-state index in [1.54, 1.807) is 6.21 Å². The zero-order valence-corrected chi connectivity index (χ0v) is 12.6. The third-order valence-corrected chi connectivity index (χ3v) is 4.52. The maximum atomic E-state index is 12.4. The van der Waals surface area contributed by atoms with Crippen LogP contribution in [0.25, 0.3) is 0 Å². The lowest BCUT2D eigenvalue weighted by molar-refractivity contribution is -0.563. The Hall–Kier alpha value is -0.650. The largest absolute Gasteiger partial charge is 0.622 e. The predicted octanol–water partition coefficient (Wildman–Crippen LogP) is 2.41. The molecule has 3 fully saturated rings. The second-order valence-corrected chi connectivity index (χ2v) is 6.70. The van der Waals surface area contributed by atoms with Crippen molar-refractivity contribution in [3.63, 3.8) is 0 Å². The highest BCUT2D eigenvalue weighted by atomic mass is 16.8. The fourth-order valence-electron chi connectivity index (χ4n) is 3.56. The summed E-state index contributed by atoms with van der Waals surface area (Å²) >= 11 is 0. The number of hydrogen-bond donors (Lipinski definition) is 0. The van der Waals surface area contributed by atoms with Gasteiger partial charge in [0.05, 0.1) is 6.10 Å². The molecule has 1 saturated carbocycles. The van der Waals surface area contributed by atoms with Crippen LogP contribution in [0.4, 0.5) is 0 Å². The first kappa shape index (κ1) is 14.3.